The molecule has 0 aromatic heterocycles. The van der Waals surface area contributed by atoms with Crippen LogP contribution in [0.5, 0.6) is 0 Å². The molecule has 1 rings (SSSR count). The Hall–Kier alpha value is -0.610. The summed E-state index contributed by atoms with van der Waals surface area (Å²) in [5, 5.41) is 12.8. The van der Waals surface area contributed by atoms with E-state index in [1.165, 1.54) is 0 Å². The Labute approximate surface area is 104 Å². The minimum atomic E-state index is -0.803. The predicted octanol–water partition coefficient (Wildman–Crippen LogP) is 2.03. The molecule has 0 radical (unpaired) electrons. The van der Waals surface area contributed by atoms with E-state index in [1.807, 2.05) is 6.92 Å². The van der Waals surface area contributed by atoms with Gasteiger partial charge in [-0.25, -0.2) is 0 Å². The molecular weight excluding hydrogens is 218 g/mol. The lowest BCUT2D eigenvalue weighted by molar-refractivity contribution is -0.154. The van der Waals surface area contributed by atoms with Crippen molar-refractivity contribution in [3.8, 4) is 0 Å². The van der Waals surface area contributed by atoms with Gasteiger partial charge < -0.3 is 9.84 Å². The van der Waals surface area contributed by atoms with Gasteiger partial charge in [0.15, 0.2) is 0 Å². The molecular formula is C13H25NO3. The summed E-state index contributed by atoms with van der Waals surface area (Å²) in [5.41, 5.74) is -0.803. The number of nitrogens with one attached hydrogen (secondary N) is 1. The topological polar surface area (TPSA) is 58.6 Å². The van der Waals surface area contributed by atoms with E-state index in [9.17, 15) is 9.90 Å². The van der Waals surface area contributed by atoms with Crippen LogP contribution in [0, 0.1) is 5.92 Å². The summed E-state index contributed by atoms with van der Waals surface area (Å²) < 4.78 is 5.66. The molecule has 17 heavy (non-hydrogen) atoms. The maximum absolute atomic E-state index is 11.6. The predicted molar refractivity (Wildman–Crippen MR) is 67.1 cm³/mol. The molecule has 3 atom stereocenters. The van der Waals surface area contributed by atoms with Gasteiger partial charge in [-0.15, -0.1) is 0 Å². The van der Waals surface area contributed by atoms with E-state index < -0.39 is 11.5 Å². The number of hydrogen-bond acceptors (Lipinski definition) is 3. The van der Waals surface area contributed by atoms with Crippen molar-refractivity contribution in [2.45, 2.75) is 64.6 Å². The lowest BCUT2D eigenvalue weighted by Gasteiger charge is -2.41. The molecule has 0 aromatic rings. The van der Waals surface area contributed by atoms with Crippen LogP contribution < -0.4 is 5.32 Å². The Bertz CT molecular complexity index is 267. The number of carboxylic acid groups (broad SMARTS) is 1. The fourth-order valence-corrected chi connectivity index (χ4v) is 2.28. The standard InChI is InChI=1S/C13H25NO3/c1-5-10(4)14-13(12(15)16)6-7-17-11(8-13)9(2)3/h9-11,14H,5-8H2,1-4H3,(H,15,16). The molecule has 0 aromatic carbocycles. The molecule has 1 aliphatic heterocycles. The molecule has 1 heterocycles. The zero-order valence-corrected chi connectivity index (χ0v) is 11.3. The van der Waals surface area contributed by atoms with Crippen molar-refractivity contribution in [2.24, 2.45) is 5.92 Å². The van der Waals surface area contributed by atoms with Gasteiger partial charge in [0.2, 0.25) is 0 Å². The molecule has 1 aliphatic rings. The first kappa shape index (κ1) is 14.5. The van der Waals surface area contributed by atoms with Gasteiger partial charge in [-0.1, -0.05) is 20.8 Å². The van der Waals surface area contributed by atoms with Crippen LogP contribution in [-0.4, -0.2) is 35.4 Å². The Balaban J connectivity index is 2.80. The molecule has 3 unspecified atom stereocenters. The Kier molecular flexibility index (Phi) is 4.95. The molecule has 4 heteroatoms. The fraction of sp³-hybridized carbons (Fsp3) is 0.923. The third-order valence-electron chi connectivity index (χ3n) is 3.70. The lowest BCUT2D eigenvalue weighted by atomic mass is 9.82. The van der Waals surface area contributed by atoms with E-state index in [-0.39, 0.29) is 12.1 Å². The number of ether oxygens (including phenoxy) is 1. The highest BCUT2D eigenvalue weighted by Crippen LogP contribution is 2.29. The second kappa shape index (κ2) is 5.83. The maximum Gasteiger partial charge on any atom is 0.324 e. The van der Waals surface area contributed by atoms with Crippen LogP contribution in [0.1, 0.15) is 47.0 Å². The highest BCUT2D eigenvalue weighted by molar-refractivity contribution is 5.79. The molecule has 1 saturated heterocycles. The van der Waals surface area contributed by atoms with Crippen LogP contribution in [0.25, 0.3) is 0 Å². The smallest absolute Gasteiger partial charge is 0.324 e. The van der Waals surface area contributed by atoms with E-state index in [4.69, 9.17) is 4.74 Å². The van der Waals surface area contributed by atoms with Gasteiger partial charge in [0.25, 0.3) is 0 Å². The first-order chi connectivity index (χ1) is 7.91. The molecule has 2 N–H and O–H groups in total. The van der Waals surface area contributed by atoms with Crippen LogP contribution in [-0.2, 0) is 9.53 Å². The largest absolute Gasteiger partial charge is 0.480 e. The second-order valence-electron chi connectivity index (χ2n) is 5.45. The number of aliphatic carboxylic acids is 1. The molecule has 0 saturated carbocycles. The van der Waals surface area contributed by atoms with Crippen molar-refractivity contribution < 1.29 is 14.6 Å². The van der Waals surface area contributed by atoms with Crippen LogP contribution in [0.2, 0.25) is 0 Å². The van der Waals surface area contributed by atoms with Gasteiger partial charge in [0.05, 0.1) is 6.10 Å². The third-order valence-corrected chi connectivity index (χ3v) is 3.70. The minimum absolute atomic E-state index is 0.0383. The molecule has 1 fully saturated rings. The van der Waals surface area contributed by atoms with E-state index in [0.29, 0.717) is 25.4 Å². The van der Waals surface area contributed by atoms with Gasteiger partial charge in [0, 0.05) is 19.1 Å². The van der Waals surface area contributed by atoms with Gasteiger partial charge in [0.1, 0.15) is 5.54 Å². The fourth-order valence-electron chi connectivity index (χ4n) is 2.28. The van der Waals surface area contributed by atoms with Crippen LogP contribution >= 0.6 is 0 Å². The van der Waals surface area contributed by atoms with E-state index in [1.54, 1.807) is 0 Å². The second-order valence-corrected chi connectivity index (χ2v) is 5.45. The summed E-state index contributed by atoms with van der Waals surface area (Å²) in [4.78, 5) is 11.6. The van der Waals surface area contributed by atoms with Gasteiger partial charge in [-0.05, 0) is 25.7 Å². The van der Waals surface area contributed by atoms with Crippen molar-refractivity contribution in [1.29, 1.82) is 0 Å². The number of carbonyl (C=O) groups is 1. The number of hydrogen-bond donors (Lipinski definition) is 2. The minimum Gasteiger partial charge on any atom is -0.480 e. The number of carboxylic acids is 1. The quantitative estimate of drug-likeness (QED) is 0.775. The molecule has 0 bridgehead atoms. The summed E-state index contributed by atoms with van der Waals surface area (Å²) >= 11 is 0. The average Bonchev–Trinajstić information content (AvgIpc) is 2.28. The first-order valence-corrected chi connectivity index (χ1v) is 6.54. The highest BCUT2D eigenvalue weighted by atomic mass is 16.5. The summed E-state index contributed by atoms with van der Waals surface area (Å²) in [5.74, 6) is -0.389. The lowest BCUT2D eigenvalue weighted by Crippen LogP contribution is -2.60. The van der Waals surface area contributed by atoms with E-state index in [2.05, 4.69) is 26.1 Å². The Morgan fingerprint density at radius 3 is 2.65 bits per heavy atom. The van der Waals surface area contributed by atoms with Crippen molar-refractivity contribution in [3.05, 3.63) is 0 Å². The third kappa shape index (κ3) is 3.42. The average molecular weight is 243 g/mol. The maximum atomic E-state index is 11.6. The zero-order valence-electron chi connectivity index (χ0n) is 11.3. The summed E-state index contributed by atoms with van der Waals surface area (Å²) in [6, 6.07) is 0.219. The van der Waals surface area contributed by atoms with Crippen molar-refractivity contribution in [2.75, 3.05) is 6.61 Å². The molecule has 0 amide bonds. The summed E-state index contributed by atoms with van der Waals surface area (Å²) in [7, 11) is 0. The highest BCUT2D eigenvalue weighted by Gasteiger charge is 2.44. The van der Waals surface area contributed by atoms with Crippen LogP contribution in [0.3, 0.4) is 0 Å². The SMILES string of the molecule is CCC(C)NC1(C(=O)O)CCOC(C(C)C)C1. The van der Waals surface area contributed by atoms with Crippen molar-refractivity contribution >= 4 is 5.97 Å². The summed E-state index contributed by atoms with van der Waals surface area (Å²) in [6.45, 7) is 8.77. The Morgan fingerprint density at radius 2 is 2.18 bits per heavy atom. The molecule has 100 valence electrons. The van der Waals surface area contributed by atoms with Gasteiger partial charge in [-0.3, -0.25) is 10.1 Å². The van der Waals surface area contributed by atoms with Gasteiger partial charge in [-0.2, -0.15) is 0 Å². The molecule has 0 spiro atoms. The van der Waals surface area contributed by atoms with E-state index in [0.717, 1.165) is 6.42 Å². The Morgan fingerprint density at radius 1 is 1.53 bits per heavy atom. The first-order valence-electron chi connectivity index (χ1n) is 6.54. The normalized spacial score (nSPS) is 31.5. The monoisotopic (exact) mass is 243 g/mol. The van der Waals surface area contributed by atoms with Crippen molar-refractivity contribution in [1.82, 2.24) is 5.32 Å². The molecule has 4 nitrogen and oxygen atoms in total. The van der Waals surface area contributed by atoms with Crippen LogP contribution in [0.15, 0.2) is 0 Å². The summed E-state index contributed by atoms with van der Waals surface area (Å²) in [6.07, 6.45) is 2.08. The van der Waals surface area contributed by atoms with Crippen molar-refractivity contribution in [3.63, 3.8) is 0 Å². The zero-order chi connectivity index (χ0) is 13.1. The molecule has 0 aliphatic carbocycles. The van der Waals surface area contributed by atoms with Crippen LogP contribution in [0.4, 0.5) is 0 Å². The number of rotatable bonds is 5. The van der Waals surface area contributed by atoms with Gasteiger partial charge >= 0.3 is 5.97 Å². The van der Waals surface area contributed by atoms with E-state index >= 15 is 0 Å².